The smallest absolute Gasteiger partial charge is 0.0178 e. The Hall–Kier alpha value is -3.26. The molecule has 2 aliphatic carbocycles. The molecule has 0 heterocycles. The Morgan fingerprint density at radius 2 is 0.948 bits per heavy atom. The van der Waals surface area contributed by atoms with Gasteiger partial charge in [-0.3, -0.25) is 0 Å². The molecule has 0 N–H and O–H groups in total. The number of fused-ring (bicyclic) bond motifs is 4. The third-order valence-corrected chi connectivity index (χ3v) is 13.2. The quantitative estimate of drug-likeness (QED) is 0.105. The molecule has 2 fully saturated rings. The van der Waals surface area contributed by atoms with Crippen LogP contribution in [0.25, 0.3) is 65.3 Å². The van der Waals surface area contributed by atoms with Crippen LogP contribution in [0.15, 0.2) is 146 Å². The van der Waals surface area contributed by atoms with Crippen LogP contribution in [0, 0.1) is 11.8 Å². The average molecular weight is 895 g/mol. The van der Waals surface area contributed by atoms with Crippen molar-refractivity contribution in [1.82, 2.24) is 0 Å². The Labute approximate surface area is 368 Å². The maximum absolute atomic E-state index is 4.93. The van der Waals surface area contributed by atoms with Gasteiger partial charge < -0.3 is 0 Å². The van der Waals surface area contributed by atoms with Crippen LogP contribution < -0.4 is 0 Å². The van der Waals surface area contributed by atoms with Crippen LogP contribution in [-0.4, -0.2) is 9.52 Å². The summed E-state index contributed by atoms with van der Waals surface area (Å²) >= 11 is -0.826. The molecule has 2 saturated carbocycles. The number of benzene rings is 6. The van der Waals surface area contributed by atoms with E-state index in [0.717, 1.165) is 21.4 Å². The van der Waals surface area contributed by atoms with E-state index in [1.165, 1.54) is 153 Å². The molecule has 0 aliphatic heterocycles. The van der Waals surface area contributed by atoms with Crippen molar-refractivity contribution < 1.29 is 20.8 Å². The first-order valence-corrected chi connectivity index (χ1v) is 29.6. The number of hydrogen-bond acceptors (Lipinski definition) is 0. The van der Waals surface area contributed by atoms with Crippen LogP contribution >= 0.6 is 17.0 Å². The van der Waals surface area contributed by atoms with E-state index < -0.39 is 20.8 Å². The SMILES string of the molecule is CCC[Si]C.[Cl][Zr+2][Cl].c1ccc2cc(-c3cccc4[cH-]c(CC5CCCC5)cc34)ccc2c1.c1ccc2cc(-c3cccc4[cH-]c(CC5CCCC5)cc34)ccc2c1. The van der Waals surface area contributed by atoms with E-state index in [0.29, 0.717) is 0 Å². The fourth-order valence-corrected chi connectivity index (χ4v) is 9.89. The van der Waals surface area contributed by atoms with Gasteiger partial charge in [0, 0.05) is 9.52 Å². The summed E-state index contributed by atoms with van der Waals surface area (Å²) in [6, 6.07) is 55.5. The minimum atomic E-state index is -0.826. The van der Waals surface area contributed by atoms with Crippen molar-refractivity contribution >= 4 is 69.6 Å². The summed E-state index contributed by atoms with van der Waals surface area (Å²) in [5, 5.41) is 10.8. The van der Waals surface area contributed by atoms with Gasteiger partial charge in [-0.05, 0) is 69.5 Å². The third kappa shape index (κ3) is 11.1. The van der Waals surface area contributed by atoms with Gasteiger partial charge in [0.25, 0.3) is 0 Å². The second-order valence-corrected chi connectivity index (χ2v) is 21.3. The minimum absolute atomic E-state index is 0.826. The third-order valence-electron chi connectivity index (χ3n) is 12.2. The summed E-state index contributed by atoms with van der Waals surface area (Å²) in [5.41, 5.74) is 8.41. The number of rotatable bonds is 8. The van der Waals surface area contributed by atoms with E-state index in [1.807, 2.05) is 0 Å². The Morgan fingerprint density at radius 1 is 0.534 bits per heavy atom. The van der Waals surface area contributed by atoms with Gasteiger partial charge in [-0.1, -0.05) is 173 Å². The molecule has 10 rings (SSSR count). The molecule has 2 aliphatic rings. The molecule has 0 saturated heterocycles. The molecule has 8 aromatic rings. The van der Waals surface area contributed by atoms with Crippen molar-refractivity contribution in [3.8, 4) is 22.3 Å². The van der Waals surface area contributed by atoms with E-state index >= 15 is 0 Å². The molecule has 58 heavy (non-hydrogen) atoms. The van der Waals surface area contributed by atoms with Crippen molar-refractivity contribution in [1.29, 1.82) is 0 Å². The van der Waals surface area contributed by atoms with Crippen molar-refractivity contribution in [2.45, 2.75) is 90.1 Å². The summed E-state index contributed by atoms with van der Waals surface area (Å²) in [6.07, 6.45) is 15.2. The maximum atomic E-state index is 4.93. The molecule has 0 unspecified atom stereocenters. The summed E-state index contributed by atoms with van der Waals surface area (Å²) < 4.78 is 0. The Bertz CT molecular complexity index is 2320. The molecule has 0 bridgehead atoms. The minimum Gasteiger partial charge on any atom is -0.164 e. The second-order valence-electron chi connectivity index (χ2n) is 16.4. The fraction of sp³-hybridized carbons (Fsp3) is 0.296. The molecule has 0 spiro atoms. The van der Waals surface area contributed by atoms with Gasteiger partial charge in [0.15, 0.2) is 0 Å². The van der Waals surface area contributed by atoms with E-state index in [2.05, 4.69) is 159 Å². The van der Waals surface area contributed by atoms with Gasteiger partial charge in [-0.25, -0.2) is 0 Å². The Kier molecular flexibility index (Phi) is 16.1. The normalized spacial score (nSPS) is 14.1. The fourth-order valence-electron chi connectivity index (χ4n) is 9.39. The first-order chi connectivity index (χ1) is 28.6. The molecular formula is C54H56Cl2SiZr. The zero-order chi connectivity index (χ0) is 40.1. The first-order valence-electron chi connectivity index (χ1n) is 21.5. The number of halogens is 2. The Morgan fingerprint density at radius 3 is 1.33 bits per heavy atom. The van der Waals surface area contributed by atoms with Crippen molar-refractivity contribution in [3.05, 3.63) is 157 Å². The van der Waals surface area contributed by atoms with Crippen molar-refractivity contribution in [2.24, 2.45) is 11.8 Å². The topological polar surface area (TPSA) is 0 Å². The van der Waals surface area contributed by atoms with E-state index in [9.17, 15) is 0 Å². The maximum Gasteiger partial charge on any atom is -0.0178 e. The van der Waals surface area contributed by atoms with E-state index in [-0.39, 0.29) is 0 Å². The average Bonchev–Trinajstić information content (AvgIpc) is 4.10. The van der Waals surface area contributed by atoms with Crippen LogP contribution in [0.4, 0.5) is 0 Å². The summed E-state index contributed by atoms with van der Waals surface area (Å²) in [4.78, 5) is 0. The summed E-state index contributed by atoms with van der Waals surface area (Å²) in [5.74, 6) is 1.81. The zero-order valence-corrected chi connectivity index (χ0v) is 39.2. The largest absolute Gasteiger partial charge is 0.164 e. The van der Waals surface area contributed by atoms with Crippen molar-refractivity contribution in [2.75, 3.05) is 0 Å². The van der Waals surface area contributed by atoms with E-state index in [4.69, 9.17) is 17.0 Å². The first kappa shape index (κ1) is 42.8. The van der Waals surface area contributed by atoms with Crippen molar-refractivity contribution in [3.63, 3.8) is 0 Å². The number of hydrogen-bond donors (Lipinski definition) is 0. The van der Waals surface area contributed by atoms with Crippen LogP contribution in [0.2, 0.25) is 12.6 Å². The molecule has 4 heteroatoms. The Balaban J connectivity index is 0.000000150. The van der Waals surface area contributed by atoms with Gasteiger partial charge in [-0.15, -0.1) is 69.1 Å². The van der Waals surface area contributed by atoms with Gasteiger partial charge in [0.2, 0.25) is 0 Å². The molecule has 0 amide bonds. The predicted molar refractivity (Wildman–Crippen MR) is 255 cm³/mol. The van der Waals surface area contributed by atoms with Crippen LogP contribution in [0.3, 0.4) is 0 Å². The molecule has 0 nitrogen and oxygen atoms in total. The zero-order valence-electron chi connectivity index (χ0n) is 34.3. The monoisotopic (exact) mass is 892 g/mol. The summed E-state index contributed by atoms with van der Waals surface area (Å²) in [6.45, 7) is 4.46. The van der Waals surface area contributed by atoms with E-state index in [1.54, 1.807) is 0 Å². The van der Waals surface area contributed by atoms with Crippen LogP contribution in [0.1, 0.15) is 75.8 Å². The van der Waals surface area contributed by atoms with Gasteiger partial charge >= 0.3 is 37.9 Å². The molecule has 0 atom stereocenters. The molecule has 0 aromatic heterocycles. The molecular weight excluding hydrogens is 839 g/mol. The van der Waals surface area contributed by atoms with Gasteiger partial charge in [0.05, 0.1) is 0 Å². The summed E-state index contributed by atoms with van der Waals surface area (Å²) in [7, 11) is 11.0. The van der Waals surface area contributed by atoms with Gasteiger partial charge in [-0.2, -0.15) is 12.1 Å². The van der Waals surface area contributed by atoms with Crippen LogP contribution in [0.5, 0.6) is 0 Å². The van der Waals surface area contributed by atoms with Crippen LogP contribution in [-0.2, 0) is 33.7 Å². The molecule has 294 valence electrons. The predicted octanol–water partition coefficient (Wildman–Crippen LogP) is 17.2. The molecule has 8 aromatic carbocycles. The van der Waals surface area contributed by atoms with Gasteiger partial charge in [0.1, 0.15) is 0 Å². The molecule has 2 radical (unpaired) electrons. The standard InChI is InChI=1S/2C25H23.C4H10Si.2ClH.Zr/c2*1-2-7-18(6-1)14-19-15-22-10-5-11-24(25(22)16-19)23-13-12-20-8-3-4-9-21(20)17-23;1-3-4-5-2;;;/h2*3-5,8-13,15-18H,1-2,6-7,14H2;3-4H2,1-2H3;2*1H;/q2*-1;;;;+4/p-2. The second kappa shape index (κ2) is 21.8.